The van der Waals surface area contributed by atoms with Crippen LogP contribution in [0.15, 0.2) is 24.7 Å². The van der Waals surface area contributed by atoms with E-state index in [-0.39, 0.29) is 17.4 Å². The Kier molecular flexibility index (Phi) is 3.92. The third-order valence-electron chi connectivity index (χ3n) is 4.23. The monoisotopic (exact) mass is 313 g/mol. The fraction of sp³-hybridized carbons (Fsp3) is 0.529. The van der Waals surface area contributed by atoms with Gasteiger partial charge in [-0.1, -0.05) is 20.8 Å². The van der Waals surface area contributed by atoms with Crippen molar-refractivity contribution in [2.75, 3.05) is 6.54 Å². The maximum Gasteiger partial charge on any atom is 0.228 e. The molecular formula is C17H23N5O. The second kappa shape index (κ2) is 5.76. The molecule has 0 N–H and O–H groups in total. The van der Waals surface area contributed by atoms with E-state index in [1.807, 2.05) is 38.8 Å². The van der Waals surface area contributed by atoms with Gasteiger partial charge in [-0.25, -0.2) is 4.98 Å². The molecule has 3 rings (SSSR count). The molecule has 1 aliphatic heterocycles. The van der Waals surface area contributed by atoms with Gasteiger partial charge in [0, 0.05) is 25.2 Å². The largest absolute Gasteiger partial charge is 0.334 e. The molecule has 0 aromatic carbocycles. The van der Waals surface area contributed by atoms with Gasteiger partial charge in [0.1, 0.15) is 5.69 Å². The Balaban J connectivity index is 1.92. The number of aromatic nitrogens is 4. The van der Waals surface area contributed by atoms with Crippen LogP contribution in [0.5, 0.6) is 0 Å². The molecule has 0 radical (unpaired) electrons. The van der Waals surface area contributed by atoms with Gasteiger partial charge in [0.05, 0.1) is 29.8 Å². The summed E-state index contributed by atoms with van der Waals surface area (Å²) in [6, 6.07) is 1.93. The smallest absolute Gasteiger partial charge is 0.228 e. The van der Waals surface area contributed by atoms with E-state index in [1.54, 1.807) is 23.3 Å². The van der Waals surface area contributed by atoms with Gasteiger partial charge < -0.3 is 4.90 Å². The molecule has 1 unspecified atom stereocenters. The van der Waals surface area contributed by atoms with Crippen molar-refractivity contribution in [1.29, 1.82) is 0 Å². The van der Waals surface area contributed by atoms with Crippen LogP contribution >= 0.6 is 0 Å². The van der Waals surface area contributed by atoms with Gasteiger partial charge in [0.2, 0.25) is 5.91 Å². The van der Waals surface area contributed by atoms with Crippen LogP contribution in [0.25, 0.3) is 11.4 Å². The Morgan fingerprint density at radius 2 is 2.09 bits per heavy atom. The van der Waals surface area contributed by atoms with Crippen LogP contribution < -0.4 is 0 Å². The van der Waals surface area contributed by atoms with E-state index in [0.29, 0.717) is 0 Å². The number of hydrogen-bond donors (Lipinski definition) is 0. The first-order valence-corrected chi connectivity index (χ1v) is 7.99. The van der Waals surface area contributed by atoms with Crippen molar-refractivity contribution in [3.8, 4) is 11.4 Å². The number of rotatable bonds is 2. The van der Waals surface area contributed by atoms with Crippen molar-refractivity contribution in [2.45, 2.75) is 39.7 Å². The van der Waals surface area contributed by atoms with Crippen LogP contribution in [0.3, 0.4) is 0 Å². The minimum Gasteiger partial charge on any atom is -0.334 e. The van der Waals surface area contributed by atoms with Crippen LogP contribution in [-0.2, 0) is 11.8 Å². The second-order valence-electron chi connectivity index (χ2n) is 7.08. The zero-order chi connectivity index (χ0) is 16.6. The van der Waals surface area contributed by atoms with Gasteiger partial charge in [-0.05, 0) is 18.9 Å². The molecule has 1 fully saturated rings. The van der Waals surface area contributed by atoms with E-state index in [4.69, 9.17) is 4.98 Å². The van der Waals surface area contributed by atoms with Crippen molar-refractivity contribution < 1.29 is 4.79 Å². The molecule has 1 atom stereocenters. The van der Waals surface area contributed by atoms with Gasteiger partial charge in [0.25, 0.3) is 0 Å². The molecule has 3 heterocycles. The lowest BCUT2D eigenvalue weighted by Gasteiger charge is -2.30. The summed E-state index contributed by atoms with van der Waals surface area (Å²) >= 11 is 0. The predicted octanol–water partition coefficient (Wildman–Crippen LogP) is 2.59. The first kappa shape index (κ1) is 15.6. The fourth-order valence-corrected chi connectivity index (χ4v) is 3.04. The van der Waals surface area contributed by atoms with E-state index >= 15 is 0 Å². The van der Waals surface area contributed by atoms with Gasteiger partial charge in [-0.3, -0.25) is 14.5 Å². The zero-order valence-corrected chi connectivity index (χ0v) is 14.2. The summed E-state index contributed by atoms with van der Waals surface area (Å²) in [5.74, 6) is 0.174. The number of carbonyl (C=O) groups excluding carboxylic acids is 1. The third-order valence-corrected chi connectivity index (χ3v) is 4.23. The maximum atomic E-state index is 12.7. The number of carbonyl (C=O) groups is 1. The summed E-state index contributed by atoms with van der Waals surface area (Å²) in [6.07, 6.45) is 7.20. The molecule has 1 amide bonds. The summed E-state index contributed by atoms with van der Waals surface area (Å²) in [7, 11) is 1.88. The van der Waals surface area contributed by atoms with E-state index in [2.05, 4.69) is 10.1 Å². The predicted molar refractivity (Wildman–Crippen MR) is 87.4 cm³/mol. The Labute approximate surface area is 136 Å². The average Bonchev–Trinajstić information content (AvgIpc) is 3.14. The normalized spacial score (nSPS) is 18.4. The van der Waals surface area contributed by atoms with Crippen LogP contribution in [0.4, 0.5) is 0 Å². The lowest BCUT2D eigenvalue weighted by Crippen LogP contribution is -2.39. The Morgan fingerprint density at radius 3 is 2.74 bits per heavy atom. The van der Waals surface area contributed by atoms with Crippen LogP contribution in [0.2, 0.25) is 0 Å². The molecule has 0 spiro atoms. The molecule has 122 valence electrons. The van der Waals surface area contributed by atoms with Crippen LogP contribution in [-0.4, -0.2) is 37.1 Å². The first-order chi connectivity index (χ1) is 10.9. The molecule has 0 saturated carbocycles. The van der Waals surface area contributed by atoms with Crippen molar-refractivity contribution >= 4 is 5.91 Å². The molecule has 2 aromatic heterocycles. The highest BCUT2D eigenvalue weighted by atomic mass is 16.2. The maximum absolute atomic E-state index is 12.7. The number of likely N-dealkylation sites (tertiary alicyclic amines) is 1. The van der Waals surface area contributed by atoms with Crippen molar-refractivity contribution in [3.63, 3.8) is 0 Å². The molecule has 2 aromatic rings. The van der Waals surface area contributed by atoms with Gasteiger partial charge in [0.15, 0.2) is 0 Å². The van der Waals surface area contributed by atoms with Crippen molar-refractivity contribution in [2.24, 2.45) is 12.5 Å². The van der Waals surface area contributed by atoms with Crippen molar-refractivity contribution in [3.05, 3.63) is 30.4 Å². The highest BCUT2D eigenvalue weighted by Crippen LogP contribution is 2.34. The highest BCUT2D eigenvalue weighted by molar-refractivity contribution is 5.82. The molecule has 6 nitrogen and oxygen atoms in total. The summed E-state index contributed by atoms with van der Waals surface area (Å²) < 4.78 is 1.78. The Bertz CT molecular complexity index is 716. The number of hydrogen-bond acceptors (Lipinski definition) is 4. The van der Waals surface area contributed by atoms with E-state index < -0.39 is 0 Å². The lowest BCUT2D eigenvalue weighted by molar-refractivity contribution is -0.140. The average molecular weight is 313 g/mol. The van der Waals surface area contributed by atoms with Gasteiger partial charge in [-0.2, -0.15) is 5.10 Å². The molecular weight excluding hydrogens is 290 g/mol. The van der Waals surface area contributed by atoms with Gasteiger partial charge >= 0.3 is 0 Å². The standard InChI is InChI=1S/C17H23N5O/c1-17(2,3)16(23)22-9-5-6-15(22)13-11-18-10-12(20-13)14-7-8-19-21(14)4/h7-8,10-11,15H,5-6,9H2,1-4H3. The minimum absolute atomic E-state index is 0.0161. The summed E-state index contributed by atoms with van der Waals surface area (Å²) in [5.41, 5.74) is 2.19. The minimum atomic E-state index is -0.379. The molecule has 6 heteroatoms. The molecule has 1 saturated heterocycles. The fourth-order valence-electron chi connectivity index (χ4n) is 3.04. The summed E-state index contributed by atoms with van der Waals surface area (Å²) in [5, 5.41) is 4.18. The van der Waals surface area contributed by atoms with E-state index in [0.717, 1.165) is 36.5 Å². The van der Waals surface area contributed by atoms with E-state index in [9.17, 15) is 4.79 Å². The first-order valence-electron chi connectivity index (χ1n) is 7.99. The molecule has 1 aliphatic rings. The SMILES string of the molecule is Cn1nccc1-c1cncc(C2CCCN2C(=O)C(C)(C)C)n1. The quantitative estimate of drug-likeness (QED) is 0.855. The van der Waals surface area contributed by atoms with E-state index in [1.165, 1.54) is 0 Å². The summed E-state index contributed by atoms with van der Waals surface area (Å²) in [6.45, 7) is 6.67. The number of aryl methyl sites for hydroxylation is 1. The Hall–Kier alpha value is -2.24. The van der Waals surface area contributed by atoms with Crippen LogP contribution in [0.1, 0.15) is 45.3 Å². The highest BCUT2D eigenvalue weighted by Gasteiger charge is 2.36. The molecule has 0 bridgehead atoms. The Morgan fingerprint density at radius 1 is 1.30 bits per heavy atom. The number of nitrogens with zero attached hydrogens (tertiary/aromatic N) is 5. The summed E-state index contributed by atoms with van der Waals surface area (Å²) in [4.78, 5) is 23.7. The second-order valence-corrected chi connectivity index (χ2v) is 7.08. The molecule has 23 heavy (non-hydrogen) atoms. The topological polar surface area (TPSA) is 63.9 Å². The lowest BCUT2D eigenvalue weighted by atomic mass is 9.94. The van der Waals surface area contributed by atoms with Crippen LogP contribution in [0, 0.1) is 5.41 Å². The zero-order valence-electron chi connectivity index (χ0n) is 14.2. The number of amides is 1. The third kappa shape index (κ3) is 2.98. The van der Waals surface area contributed by atoms with Gasteiger partial charge in [-0.15, -0.1) is 0 Å². The molecule has 0 aliphatic carbocycles. The van der Waals surface area contributed by atoms with Crippen molar-refractivity contribution in [1.82, 2.24) is 24.6 Å².